The fourth-order valence-corrected chi connectivity index (χ4v) is 1.71. The largest absolute Gasteiger partial charge is 0.506 e. The van der Waals surface area contributed by atoms with E-state index in [1.807, 2.05) is 0 Å². The summed E-state index contributed by atoms with van der Waals surface area (Å²) >= 11 is 0. The van der Waals surface area contributed by atoms with Crippen molar-refractivity contribution in [1.82, 2.24) is 0 Å². The number of ketones is 2. The predicted octanol–water partition coefficient (Wildman–Crippen LogP) is 1.76. The lowest BCUT2D eigenvalue weighted by molar-refractivity contribution is -0.111. The molecular weight excluding hydrogens is 206 g/mol. The number of hydrogen-bond acceptors (Lipinski definition) is 4. The van der Waals surface area contributed by atoms with Crippen LogP contribution in [0.25, 0.3) is 5.76 Å². The molecule has 0 saturated heterocycles. The number of carbonyl (C=O) groups is 2. The van der Waals surface area contributed by atoms with Crippen LogP contribution in [0.4, 0.5) is 0 Å². The number of hydrogen-bond donors (Lipinski definition) is 2. The van der Waals surface area contributed by atoms with E-state index >= 15 is 0 Å². The van der Waals surface area contributed by atoms with Crippen LogP contribution >= 0.6 is 0 Å². The Kier molecular flexibility index (Phi) is 2.20. The Hall–Kier alpha value is -2.23. The fraction of sp³-hybridized carbons (Fsp3) is 0.0833. The van der Waals surface area contributed by atoms with Gasteiger partial charge in [0.25, 0.3) is 0 Å². The average molecular weight is 215 g/mol. The van der Waals surface area contributed by atoms with Gasteiger partial charge in [-0.15, -0.1) is 0 Å². The number of allylic oxidation sites excluding steroid dienone is 1. The van der Waals surface area contributed by atoms with Gasteiger partial charge in [-0.25, -0.2) is 0 Å². The summed E-state index contributed by atoms with van der Waals surface area (Å²) in [4.78, 5) is 23.3. The van der Waals surface area contributed by atoms with Crippen molar-refractivity contribution in [3.63, 3.8) is 0 Å². The van der Waals surface area contributed by atoms with Crippen LogP contribution < -0.4 is 0 Å². The number of fused-ring (bicyclic) bond motifs is 1. The molecule has 0 saturated carbocycles. The van der Waals surface area contributed by atoms with Crippen molar-refractivity contribution in [2.45, 2.75) is 6.92 Å². The van der Waals surface area contributed by atoms with Gasteiger partial charge in [0.15, 0.2) is 0 Å². The molecule has 1 aromatic rings. The van der Waals surface area contributed by atoms with Gasteiger partial charge in [0.05, 0.1) is 5.57 Å². The van der Waals surface area contributed by atoms with Crippen LogP contribution in [0.3, 0.4) is 0 Å². The van der Waals surface area contributed by atoms with Crippen LogP contribution in [0, 0.1) is 5.41 Å². The average Bonchev–Trinajstić information content (AvgIpc) is 2.26. The molecule has 0 atom stereocenters. The predicted molar refractivity (Wildman–Crippen MR) is 58.7 cm³/mol. The lowest BCUT2D eigenvalue weighted by Gasteiger charge is -2.16. The second-order valence-corrected chi connectivity index (χ2v) is 3.55. The van der Waals surface area contributed by atoms with Crippen LogP contribution in [0.2, 0.25) is 0 Å². The van der Waals surface area contributed by atoms with Gasteiger partial charge in [0.1, 0.15) is 5.76 Å². The molecule has 0 heterocycles. The second-order valence-electron chi connectivity index (χ2n) is 3.55. The molecule has 16 heavy (non-hydrogen) atoms. The first-order valence-corrected chi connectivity index (χ1v) is 4.71. The minimum Gasteiger partial charge on any atom is -0.506 e. The van der Waals surface area contributed by atoms with E-state index < -0.39 is 11.6 Å². The highest BCUT2D eigenvalue weighted by molar-refractivity contribution is 6.57. The zero-order chi connectivity index (χ0) is 11.9. The smallest absolute Gasteiger partial charge is 0.239 e. The van der Waals surface area contributed by atoms with Crippen molar-refractivity contribution in [3.05, 3.63) is 41.0 Å². The van der Waals surface area contributed by atoms with E-state index in [-0.39, 0.29) is 22.6 Å². The third kappa shape index (κ3) is 1.27. The monoisotopic (exact) mass is 215 g/mol. The molecule has 80 valence electrons. The van der Waals surface area contributed by atoms with Crippen molar-refractivity contribution >= 4 is 23.0 Å². The Morgan fingerprint density at radius 3 is 2.25 bits per heavy atom. The number of benzene rings is 1. The maximum Gasteiger partial charge on any atom is 0.239 e. The van der Waals surface area contributed by atoms with Crippen LogP contribution in [0.1, 0.15) is 22.8 Å². The van der Waals surface area contributed by atoms with Crippen LogP contribution in [0.15, 0.2) is 29.8 Å². The first-order chi connectivity index (χ1) is 7.54. The van der Waals surface area contributed by atoms with Crippen LogP contribution in [0.5, 0.6) is 0 Å². The SMILES string of the molecule is CC(=N)C1=C(O)c2ccccc2C(=O)C1=O. The number of Topliss-reactive ketones (excluding diaryl/α,β-unsaturated/α-hetero) is 2. The molecule has 0 radical (unpaired) electrons. The summed E-state index contributed by atoms with van der Waals surface area (Å²) in [5, 5.41) is 17.2. The molecule has 2 N–H and O–H groups in total. The molecule has 0 bridgehead atoms. The Labute approximate surface area is 91.7 Å². The van der Waals surface area contributed by atoms with Gasteiger partial charge in [-0.1, -0.05) is 24.3 Å². The van der Waals surface area contributed by atoms with E-state index in [1.54, 1.807) is 18.2 Å². The summed E-state index contributed by atoms with van der Waals surface area (Å²) in [5.74, 6) is -1.77. The van der Waals surface area contributed by atoms with E-state index in [0.29, 0.717) is 5.56 Å². The summed E-state index contributed by atoms with van der Waals surface area (Å²) in [7, 11) is 0. The molecule has 0 fully saturated rings. The first-order valence-electron chi connectivity index (χ1n) is 4.71. The normalized spacial score (nSPS) is 15.1. The highest BCUT2D eigenvalue weighted by atomic mass is 16.3. The first kappa shape index (κ1) is 10.3. The quantitative estimate of drug-likeness (QED) is 0.553. The molecule has 0 spiro atoms. The van der Waals surface area contributed by atoms with Gasteiger partial charge in [0, 0.05) is 16.8 Å². The molecule has 2 rings (SSSR count). The van der Waals surface area contributed by atoms with Crippen LogP contribution in [-0.2, 0) is 4.79 Å². The highest BCUT2D eigenvalue weighted by Crippen LogP contribution is 2.27. The number of rotatable bonds is 1. The minimum atomic E-state index is -0.816. The molecule has 1 aliphatic rings. The molecule has 1 aliphatic carbocycles. The number of nitrogens with one attached hydrogen (secondary N) is 1. The van der Waals surface area contributed by atoms with E-state index in [2.05, 4.69) is 0 Å². The van der Waals surface area contributed by atoms with Crippen LogP contribution in [-0.4, -0.2) is 22.4 Å². The lowest BCUT2D eigenvalue weighted by Crippen LogP contribution is -2.27. The molecule has 4 nitrogen and oxygen atoms in total. The van der Waals surface area contributed by atoms with Crippen molar-refractivity contribution < 1.29 is 14.7 Å². The van der Waals surface area contributed by atoms with Crippen molar-refractivity contribution in [1.29, 1.82) is 5.41 Å². The molecule has 4 heteroatoms. The van der Waals surface area contributed by atoms with E-state index in [4.69, 9.17) is 5.41 Å². The molecule has 0 aromatic heterocycles. The Morgan fingerprint density at radius 1 is 1.12 bits per heavy atom. The van der Waals surface area contributed by atoms with Gasteiger partial charge < -0.3 is 10.5 Å². The Bertz CT molecular complexity index is 555. The van der Waals surface area contributed by atoms with E-state index in [0.717, 1.165) is 0 Å². The summed E-state index contributed by atoms with van der Waals surface area (Å²) in [6.45, 7) is 1.37. The van der Waals surface area contributed by atoms with E-state index in [1.165, 1.54) is 13.0 Å². The summed E-state index contributed by atoms with van der Waals surface area (Å²) in [6, 6.07) is 6.33. The maximum atomic E-state index is 11.7. The van der Waals surface area contributed by atoms with Crippen molar-refractivity contribution in [2.75, 3.05) is 0 Å². The number of carbonyl (C=O) groups excluding carboxylic acids is 2. The Balaban J connectivity index is 2.79. The van der Waals surface area contributed by atoms with Gasteiger partial charge in [-0.2, -0.15) is 0 Å². The lowest BCUT2D eigenvalue weighted by atomic mass is 9.87. The summed E-state index contributed by atoms with van der Waals surface area (Å²) in [6.07, 6.45) is 0. The molecular formula is C12H9NO3. The third-order valence-corrected chi connectivity index (χ3v) is 2.47. The third-order valence-electron chi connectivity index (χ3n) is 2.47. The molecule has 0 aliphatic heterocycles. The van der Waals surface area contributed by atoms with E-state index in [9.17, 15) is 14.7 Å². The van der Waals surface area contributed by atoms with Crippen molar-refractivity contribution in [2.24, 2.45) is 0 Å². The molecule has 0 unspecified atom stereocenters. The summed E-state index contributed by atoms with van der Waals surface area (Å²) in [5.41, 5.74) is 0.192. The van der Waals surface area contributed by atoms with Gasteiger partial charge in [-0.3, -0.25) is 9.59 Å². The van der Waals surface area contributed by atoms with Crippen molar-refractivity contribution in [3.8, 4) is 0 Å². The van der Waals surface area contributed by atoms with Gasteiger partial charge in [0.2, 0.25) is 11.6 Å². The van der Waals surface area contributed by atoms with Gasteiger partial charge >= 0.3 is 0 Å². The molecule has 0 amide bonds. The zero-order valence-electron chi connectivity index (χ0n) is 8.57. The fourth-order valence-electron chi connectivity index (χ4n) is 1.71. The summed E-state index contributed by atoms with van der Waals surface area (Å²) < 4.78 is 0. The number of aliphatic hydroxyl groups excluding tert-OH is 1. The Morgan fingerprint density at radius 2 is 1.69 bits per heavy atom. The topological polar surface area (TPSA) is 78.2 Å². The minimum absolute atomic E-state index is 0.106. The second kappa shape index (κ2) is 3.41. The molecule has 1 aromatic carbocycles. The number of aliphatic hydroxyl groups is 1. The zero-order valence-corrected chi connectivity index (χ0v) is 8.57. The van der Waals surface area contributed by atoms with Gasteiger partial charge in [-0.05, 0) is 6.92 Å². The maximum absolute atomic E-state index is 11.7. The standard InChI is InChI=1S/C12H9NO3/c1-6(13)9-10(14)7-4-2-3-5-8(7)11(15)12(9)16/h2-5,13-14H,1H3. The highest BCUT2D eigenvalue weighted by Gasteiger charge is 2.33.